The van der Waals surface area contributed by atoms with Gasteiger partial charge in [-0.1, -0.05) is 12.1 Å². The Morgan fingerprint density at radius 2 is 2.24 bits per heavy atom. The Morgan fingerprint density at radius 1 is 1.43 bits per heavy atom. The van der Waals surface area contributed by atoms with Gasteiger partial charge in [0, 0.05) is 23.8 Å². The number of amides is 1. The SMILES string of the molecule is CC(=O)c1cccc(NC(=O)CN(C)CC2CCCN2)c1. The van der Waals surface area contributed by atoms with Gasteiger partial charge in [0.1, 0.15) is 0 Å². The van der Waals surface area contributed by atoms with Crippen molar-refractivity contribution in [2.75, 3.05) is 32.0 Å². The molecule has 0 aliphatic carbocycles. The molecule has 5 nitrogen and oxygen atoms in total. The van der Waals surface area contributed by atoms with Crippen LogP contribution in [-0.2, 0) is 4.79 Å². The minimum atomic E-state index is -0.0591. The summed E-state index contributed by atoms with van der Waals surface area (Å²) in [6.07, 6.45) is 2.38. The molecule has 1 unspecified atom stereocenters. The Kier molecular flexibility index (Phi) is 5.47. The summed E-state index contributed by atoms with van der Waals surface area (Å²) >= 11 is 0. The van der Waals surface area contributed by atoms with E-state index in [1.54, 1.807) is 24.3 Å². The van der Waals surface area contributed by atoms with Crippen molar-refractivity contribution < 1.29 is 9.59 Å². The van der Waals surface area contributed by atoms with E-state index in [1.807, 2.05) is 11.9 Å². The molecule has 1 heterocycles. The predicted molar refractivity (Wildman–Crippen MR) is 83.6 cm³/mol. The van der Waals surface area contributed by atoms with Gasteiger partial charge in [0.25, 0.3) is 0 Å². The van der Waals surface area contributed by atoms with Crippen LogP contribution in [0.3, 0.4) is 0 Å². The molecule has 2 rings (SSSR count). The molecule has 1 amide bonds. The second-order valence-corrected chi connectivity index (χ2v) is 5.68. The highest BCUT2D eigenvalue weighted by atomic mass is 16.2. The molecule has 5 heteroatoms. The third-order valence-corrected chi connectivity index (χ3v) is 3.66. The number of carbonyl (C=O) groups is 2. The van der Waals surface area contributed by atoms with Crippen molar-refractivity contribution in [3.8, 4) is 0 Å². The minimum absolute atomic E-state index is 0.00414. The minimum Gasteiger partial charge on any atom is -0.325 e. The average molecular weight is 289 g/mol. The summed E-state index contributed by atoms with van der Waals surface area (Å²) in [4.78, 5) is 25.4. The van der Waals surface area contributed by atoms with Crippen LogP contribution in [0.4, 0.5) is 5.69 Å². The van der Waals surface area contributed by atoms with Crippen molar-refractivity contribution in [2.45, 2.75) is 25.8 Å². The van der Waals surface area contributed by atoms with E-state index < -0.39 is 0 Å². The molecule has 21 heavy (non-hydrogen) atoms. The van der Waals surface area contributed by atoms with Gasteiger partial charge in [-0.25, -0.2) is 0 Å². The fourth-order valence-electron chi connectivity index (χ4n) is 2.61. The third kappa shape index (κ3) is 4.95. The first-order valence-corrected chi connectivity index (χ1v) is 7.37. The summed E-state index contributed by atoms with van der Waals surface area (Å²) in [6.45, 7) is 3.81. The zero-order valence-electron chi connectivity index (χ0n) is 12.7. The zero-order valence-corrected chi connectivity index (χ0v) is 12.7. The fraction of sp³-hybridized carbons (Fsp3) is 0.500. The number of likely N-dealkylation sites (N-methyl/N-ethyl adjacent to an activating group) is 1. The monoisotopic (exact) mass is 289 g/mol. The van der Waals surface area contributed by atoms with Crippen LogP contribution in [0, 0.1) is 0 Å². The second kappa shape index (κ2) is 7.33. The number of nitrogens with zero attached hydrogens (tertiary/aromatic N) is 1. The van der Waals surface area contributed by atoms with Crippen molar-refractivity contribution in [2.24, 2.45) is 0 Å². The van der Waals surface area contributed by atoms with Gasteiger partial charge < -0.3 is 10.6 Å². The van der Waals surface area contributed by atoms with E-state index in [0.717, 1.165) is 13.1 Å². The van der Waals surface area contributed by atoms with Gasteiger partial charge in [0.15, 0.2) is 5.78 Å². The van der Waals surface area contributed by atoms with Gasteiger partial charge in [-0.15, -0.1) is 0 Å². The Morgan fingerprint density at radius 3 is 2.90 bits per heavy atom. The largest absolute Gasteiger partial charge is 0.325 e. The fourth-order valence-corrected chi connectivity index (χ4v) is 2.61. The number of Topliss-reactive ketones (excluding diaryl/α,β-unsaturated/α-hetero) is 1. The Balaban J connectivity index is 1.83. The molecule has 1 aliphatic rings. The molecule has 0 aromatic heterocycles. The van der Waals surface area contributed by atoms with E-state index >= 15 is 0 Å². The van der Waals surface area contributed by atoms with Crippen LogP contribution in [0.5, 0.6) is 0 Å². The first-order chi connectivity index (χ1) is 10.0. The molecule has 1 fully saturated rings. The van der Waals surface area contributed by atoms with Crippen molar-refractivity contribution >= 4 is 17.4 Å². The molecule has 1 aromatic carbocycles. The summed E-state index contributed by atoms with van der Waals surface area (Å²) in [7, 11) is 1.95. The lowest BCUT2D eigenvalue weighted by molar-refractivity contribution is -0.117. The van der Waals surface area contributed by atoms with Gasteiger partial charge in [-0.05, 0) is 45.5 Å². The lowest BCUT2D eigenvalue weighted by atomic mass is 10.1. The Labute approximate surface area is 125 Å². The van der Waals surface area contributed by atoms with Crippen LogP contribution in [0.25, 0.3) is 0 Å². The smallest absolute Gasteiger partial charge is 0.238 e. The normalized spacial score (nSPS) is 18.0. The third-order valence-electron chi connectivity index (χ3n) is 3.66. The van der Waals surface area contributed by atoms with Crippen LogP contribution in [0.2, 0.25) is 0 Å². The lowest BCUT2D eigenvalue weighted by Gasteiger charge is -2.20. The molecular weight excluding hydrogens is 266 g/mol. The predicted octanol–water partition coefficient (Wildman–Crippen LogP) is 1.51. The highest BCUT2D eigenvalue weighted by Crippen LogP contribution is 2.11. The molecule has 1 atom stereocenters. The van der Waals surface area contributed by atoms with Gasteiger partial charge in [0.05, 0.1) is 6.54 Å². The summed E-state index contributed by atoms with van der Waals surface area (Å²) < 4.78 is 0. The molecule has 1 saturated heterocycles. The molecule has 0 spiro atoms. The van der Waals surface area contributed by atoms with Gasteiger partial charge in [-0.3, -0.25) is 14.5 Å². The summed E-state index contributed by atoms with van der Waals surface area (Å²) in [5, 5.41) is 6.26. The van der Waals surface area contributed by atoms with E-state index in [2.05, 4.69) is 10.6 Å². The molecule has 114 valence electrons. The average Bonchev–Trinajstić information content (AvgIpc) is 2.91. The van der Waals surface area contributed by atoms with Crippen LogP contribution in [0.1, 0.15) is 30.1 Å². The number of nitrogens with one attached hydrogen (secondary N) is 2. The summed E-state index contributed by atoms with van der Waals surface area (Å²) in [5.41, 5.74) is 1.27. The maximum absolute atomic E-state index is 12.0. The zero-order chi connectivity index (χ0) is 15.2. The highest BCUT2D eigenvalue weighted by Gasteiger charge is 2.17. The summed E-state index contributed by atoms with van der Waals surface area (Å²) in [6, 6.07) is 7.51. The standard InChI is InChI=1S/C16H23N3O2/c1-12(20)13-5-3-6-14(9-13)18-16(21)11-19(2)10-15-7-4-8-17-15/h3,5-6,9,15,17H,4,7-8,10-11H2,1-2H3,(H,18,21). The number of hydrogen-bond donors (Lipinski definition) is 2. The number of rotatable bonds is 6. The first-order valence-electron chi connectivity index (χ1n) is 7.37. The van der Waals surface area contributed by atoms with Crippen LogP contribution in [0.15, 0.2) is 24.3 Å². The van der Waals surface area contributed by atoms with Crippen LogP contribution < -0.4 is 10.6 Å². The number of hydrogen-bond acceptors (Lipinski definition) is 4. The summed E-state index contributed by atoms with van der Waals surface area (Å²) in [5.74, 6) is -0.0632. The van der Waals surface area contributed by atoms with Gasteiger partial charge in [-0.2, -0.15) is 0 Å². The van der Waals surface area contributed by atoms with E-state index in [4.69, 9.17) is 0 Å². The number of anilines is 1. The van der Waals surface area contributed by atoms with Crippen molar-refractivity contribution in [3.05, 3.63) is 29.8 Å². The molecule has 0 saturated carbocycles. The van der Waals surface area contributed by atoms with Crippen LogP contribution >= 0.6 is 0 Å². The number of ketones is 1. The van der Waals surface area contributed by atoms with Crippen molar-refractivity contribution in [1.82, 2.24) is 10.2 Å². The van der Waals surface area contributed by atoms with E-state index in [9.17, 15) is 9.59 Å². The van der Waals surface area contributed by atoms with E-state index in [0.29, 0.717) is 23.8 Å². The van der Waals surface area contributed by atoms with Crippen LogP contribution in [-0.4, -0.2) is 49.3 Å². The first kappa shape index (κ1) is 15.7. The number of benzene rings is 1. The maximum atomic E-state index is 12.0. The quantitative estimate of drug-likeness (QED) is 0.779. The topological polar surface area (TPSA) is 61.4 Å². The molecular formula is C16H23N3O2. The van der Waals surface area contributed by atoms with Crippen molar-refractivity contribution in [1.29, 1.82) is 0 Å². The Hall–Kier alpha value is -1.72. The molecule has 0 bridgehead atoms. The van der Waals surface area contributed by atoms with Crippen molar-refractivity contribution in [3.63, 3.8) is 0 Å². The highest BCUT2D eigenvalue weighted by molar-refractivity contribution is 5.97. The molecule has 2 N–H and O–H groups in total. The Bertz CT molecular complexity index is 510. The van der Waals surface area contributed by atoms with E-state index in [1.165, 1.54) is 19.8 Å². The van der Waals surface area contributed by atoms with E-state index in [-0.39, 0.29) is 11.7 Å². The maximum Gasteiger partial charge on any atom is 0.238 e. The van der Waals surface area contributed by atoms with Gasteiger partial charge >= 0.3 is 0 Å². The second-order valence-electron chi connectivity index (χ2n) is 5.68. The molecule has 1 aromatic rings. The van der Waals surface area contributed by atoms with Gasteiger partial charge in [0.2, 0.25) is 5.91 Å². The molecule has 0 radical (unpaired) electrons. The molecule has 1 aliphatic heterocycles. The lowest BCUT2D eigenvalue weighted by Crippen LogP contribution is -2.39. The number of carbonyl (C=O) groups excluding carboxylic acids is 2.